The Balaban J connectivity index is 1.83. The molecule has 1 aromatic heterocycles. The Labute approximate surface area is 134 Å². The molecule has 2 atom stereocenters. The monoisotopic (exact) mass is 316 g/mol. The van der Waals surface area contributed by atoms with E-state index in [-0.39, 0.29) is 23.8 Å². The number of rotatable bonds is 3. The minimum absolute atomic E-state index is 0.0515. The number of piperidine rings is 1. The smallest absolute Gasteiger partial charge is 0.274 e. The molecule has 0 spiro atoms. The molecule has 0 unspecified atom stereocenters. The van der Waals surface area contributed by atoms with Gasteiger partial charge in [-0.2, -0.15) is 5.10 Å². The zero-order valence-corrected chi connectivity index (χ0v) is 13.2. The van der Waals surface area contributed by atoms with Crippen molar-refractivity contribution < 1.29 is 9.18 Å². The molecule has 2 N–H and O–H groups in total. The maximum Gasteiger partial charge on any atom is 0.274 e. The number of aromatic nitrogens is 2. The van der Waals surface area contributed by atoms with E-state index in [1.807, 2.05) is 11.8 Å². The lowest BCUT2D eigenvalue weighted by Crippen LogP contribution is -2.51. The molecule has 1 fully saturated rings. The first-order chi connectivity index (χ1) is 11.1. The molecule has 0 saturated carbocycles. The first kappa shape index (κ1) is 15.7. The van der Waals surface area contributed by atoms with E-state index in [0.717, 1.165) is 19.3 Å². The van der Waals surface area contributed by atoms with Gasteiger partial charge in [0.2, 0.25) is 0 Å². The second-order valence-corrected chi connectivity index (χ2v) is 6.05. The lowest BCUT2D eigenvalue weighted by Gasteiger charge is -2.37. The number of halogens is 1. The summed E-state index contributed by atoms with van der Waals surface area (Å²) in [6, 6.07) is 7.77. The number of hydrogen-bond acceptors (Lipinski definition) is 3. The highest BCUT2D eigenvalue weighted by Gasteiger charge is 2.30. The van der Waals surface area contributed by atoms with Gasteiger partial charge < -0.3 is 10.6 Å². The van der Waals surface area contributed by atoms with Gasteiger partial charge in [-0.25, -0.2) is 9.07 Å². The molecule has 6 heteroatoms. The fraction of sp³-hybridized carbons (Fsp3) is 0.412. The number of likely N-dealkylation sites (tertiary alicyclic amines) is 1. The van der Waals surface area contributed by atoms with Crippen LogP contribution in [0.4, 0.5) is 4.39 Å². The lowest BCUT2D eigenvalue weighted by molar-refractivity contribution is 0.0577. The average Bonchev–Trinajstić information content (AvgIpc) is 3.04. The summed E-state index contributed by atoms with van der Waals surface area (Å²) >= 11 is 0. The van der Waals surface area contributed by atoms with Gasteiger partial charge in [-0.15, -0.1) is 0 Å². The topological polar surface area (TPSA) is 64.2 Å². The van der Waals surface area contributed by atoms with Gasteiger partial charge in [0.15, 0.2) is 5.69 Å². The molecule has 0 aliphatic carbocycles. The normalized spacial score (nSPS) is 19.6. The third kappa shape index (κ3) is 3.27. The van der Waals surface area contributed by atoms with Crippen LogP contribution < -0.4 is 5.73 Å². The molecule has 2 aromatic rings. The molecule has 1 aliphatic heterocycles. The minimum atomic E-state index is -0.334. The number of hydrogen-bond donors (Lipinski definition) is 1. The highest BCUT2D eigenvalue weighted by Crippen LogP contribution is 2.21. The second-order valence-electron chi connectivity index (χ2n) is 6.05. The Morgan fingerprint density at radius 1 is 1.39 bits per heavy atom. The molecule has 1 aromatic carbocycles. The number of nitrogens with zero attached hydrogens (tertiary/aromatic N) is 3. The Hall–Kier alpha value is -2.21. The van der Waals surface area contributed by atoms with Gasteiger partial charge in [0.25, 0.3) is 5.91 Å². The van der Waals surface area contributed by atoms with Crippen LogP contribution in [0.1, 0.15) is 36.7 Å². The lowest BCUT2D eigenvalue weighted by atomic mass is 9.96. The van der Waals surface area contributed by atoms with Crippen molar-refractivity contribution >= 4 is 5.91 Å². The van der Waals surface area contributed by atoms with Gasteiger partial charge in [0.05, 0.1) is 5.69 Å². The van der Waals surface area contributed by atoms with Gasteiger partial charge >= 0.3 is 0 Å². The highest BCUT2D eigenvalue weighted by molar-refractivity contribution is 5.92. The number of nitrogens with two attached hydrogens (primary N) is 1. The van der Waals surface area contributed by atoms with Crippen LogP contribution in [0.3, 0.4) is 0 Å². The molecule has 2 heterocycles. The van der Waals surface area contributed by atoms with E-state index >= 15 is 0 Å². The molecular formula is C17H21FN4O. The molecule has 122 valence electrons. The zero-order valence-electron chi connectivity index (χ0n) is 13.2. The van der Waals surface area contributed by atoms with Crippen molar-refractivity contribution in [3.63, 3.8) is 0 Å². The molecule has 5 nitrogen and oxygen atoms in total. The maximum absolute atomic E-state index is 13.3. The summed E-state index contributed by atoms with van der Waals surface area (Å²) in [5.74, 6) is -0.443. The van der Waals surface area contributed by atoms with Crippen LogP contribution in [0.25, 0.3) is 5.69 Å². The van der Waals surface area contributed by atoms with Gasteiger partial charge in [-0.1, -0.05) is 6.07 Å². The molecule has 0 radical (unpaired) electrons. The van der Waals surface area contributed by atoms with Crippen molar-refractivity contribution in [2.24, 2.45) is 5.73 Å². The van der Waals surface area contributed by atoms with E-state index in [9.17, 15) is 9.18 Å². The third-order valence-electron chi connectivity index (χ3n) is 4.30. The van der Waals surface area contributed by atoms with Crippen molar-refractivity contribution in [2.75, 3.05) is 6.54 Å². The van der Waals surface area contributed by atoms with Gasteiger partial charge in [0.1, 0.15) is 5.82 Å². The van der Waals surface area contributed by atoms with Crippen molar-refractivity contribution in [3.05, 3.63) is 48.0 Å². The summed E-state index contributed by atoms with van der Waals surface area (Å²) in [4.78, 5) is 14.6. The summed E-state index contributed by atoms with van der Waals surface area (Å²) in [5, 5.41) is 4.31. The molecule has 1 aliphatic rings. The van der Waals surface area contributed by atoms with Crippen LogP contribution in [-0.2, 0) is 0 Å². The summed E-state index contributed by atoms with van der Waals surface area (Å²) in [7, 11) is 0. The minimum Gasteiger partial charge on any atom is -0.333 e. The van der Waals surface area contributed by atoms with E-state index < -0.39 is 0 Å². The summed E-state index contributed by atoms with van der Waals surface area (Å²) in [5.41, 5.74) is 6.98. The number of amides is 1. The average molecular weight is 316 g/mol. The van der Waals surface area contributed by atoms with Crippen molar-refractivity contribution in [2.45, 2.75) is 38.3 Å². The Kier molecular flexibility index (Phi) is 4.43. The van der Waals surface area contributed by atoms with E-state index in [0.29, 0.717) is 17.9 Å². The van der Waals surface area contributed by atoms with E-state index in [1.54, 1.807) is 24.4 Å². The van der Waals surface area contributed by atoms with Crippen LogP contribution in [0.5, 0.6) is 0 Å². The van der Waals surface area contributed by atoms with Crippen LogP contribution in [0.2, 0.25) is 0 Å². The van der Waals surface area contributed by atoms with E-state index in [2.05, 4.69) is 5.10 Å². The van der Waals surface area contributed by atoms with Crippen LogP contribution >= 0.6 is 0 Å². The molecule has 3 rings (SSSR count). The van der Waals surface area contributed by atoms with Crippen molar-refractivity contribution in [1.82, 2.24) is 14.7 Å². The van der Waals surface area contributed by atoms with Gasteiger partial charge in [-0.05, 0) is 50.5 Å². The fourth-order valence-corrected chi connectivity index (χ4v) is 3.10. The predicted octanol–water partition coefficient (Wildman–Crippen LogP) is 2.35. The molecule has 23 heavy (non-hydrogen) atoms. The molecule has 0 bridgehead atoms. The largest absolute Gasteiger partial charge is 0.333 e. The fourth-order valence-electron chi connectivity index (χ4n) is 3.10. The molecule has 1 saturated heterocycles. The van der Waals surface area contributed by atoms with Crippen molar-refractivity contribution in [1.29, 1.82) is 0 Å². The quantitative estimate of drug-likeness (QED) is 0.945. The Bertz CT molecular complexity index is 697. The van der Waals surface area contributed by atoms with Crippen LogP contribution in [-0.4, -0.2) is 39.2 Å². The van der Waals surface area contributed by atoms with E-state index in [4.69, 9.17) is 5.73 Å². The third-order valence-corrected chi connectivity index (χ3v) is 4.30. The first-order valence-electron chi connectivity index (χ1n) is 7.94. The SMILES string of the molecule is C[C@H](N)[C@@H]1CCCCN1C(=O)c1ccn(-c2cccc(F)c2)n1. The summed E-state index contributed by atoms with van der Waals surface area (Å²) in [6.45, 7) is 2.64. The number of carbonyl (C=O) groups excluding carboxylic acids is 1. The standard InChI is InChI=1S/C17H21FN4O/c1-12(19)16-7-2-3-9-21(16)17(23)15-8-10-22(20-15)14-6-4-5-13(18)11-14/h4-6,8,10-12,16H,2-3,7,9,19H2,1H3/t12-,16-/m0/s1. The molecular weight excluding hydrogens is 295 g/mol. The van der Waals surface area contributed by atoms with Crippen LogP contribution in [0, 0.1) is 5.82 Å². The van der Waals surface area contributed by atoms with E-state index in [1.165, 1.54) is 16.8 Å². The summed E-state index contributed by atoms with van der Waals surface area (Å²) < 4.78 is 14.8. The van der Waals surface area contributed by atoms with Crippen molar-refractivity contribution in [3.8, 4) is 5.69 Å². The zero-order chi connectivity index (χ0) is 16.4. The first-order valence-corrected chi connectivity index (χ1v) is 7.94. The maximum atomic E-state index is 13.3. The Morgan fingerprint density at radius 2 is 2.22 bits per heavy atom. The second kappa shape index (κ2) is 6.50. The molecule has 1 amide bonds. The van der Waals surface area contributed by atoms with Crippen LogP contribution in [0.15, 0.2) is 36.5 Å². The van der Waals surface area contributed by atoms with Gasteiger partial charge in [-0.3, -0.25) is 4.79 Å². The number of benzene rings is 1. The Morgan fingerprint density at radius 3 is 2.96 bits per heavy atom. The highest BCUT2D eigenvalue weighted by atomic mass is 19.1. The number of carbonyl (C=O) groups is 1. The summed E-state index contributed by atoms with van der Waals surface area (Å²) in [6.07, 6.45) is 4.67. The van der Waals surface area contributed by atoms with Gasteiger partial charge in [0, 0.05) is 24.8 Å². The predicted molar refractivity (Wildman–Crippen MR) is 85.8 cm³/mol.